The number of halogens is 2. The van der Waals surface area contributed by atoms with Crippen LogP contribution in [0.2, 0.25) is 5.02 Å². The summed E-state index contributed by atoms with van der Waals surface area (Å²) in [6.07, 6.45) is 1.85. The van der Waals surface area contributed by atoms with E-state index < -0.39 is 0 Å². The van der Waals surface area contributed by atoms with Crippen molar-refractivity contribution in [2.24, 2.45) is 5.92 Å². The highest BCUT2D eigenvalue weighted by atomic mass is 35.5. The van der Waals surface area contributed by atoms with Crippen LogP contribution in [0.1, 0.15) is 13.8 Å². The maximum atomic E-state index is 13.2. The molecule has 84 valence electrons. The quantitative estimate of drug-likeness (QED) is 0.738. The molecule has 0 aliphatic carbocycles. The van der Waals surface area contributed by atoms with E-state index in [2.05, 4.69) is 0 Å². The monoisotopic (exact) mass is 248 g/mol. The number of thioether (sulfide) groups is 1. The molecule has 0 N–H and O–H groups in total. The predicted octanol–water partition coefficient (Wildman–Crippen LogP) is 4.24. The third-order valence-corrected chi connectivity index (χ3v) is 3.03. The Balaban J connectivity index is 2.91. The van der Waals surface area contributed by atoms with E-state index in [0.717, 1.165) is 0 Å². The molecule has 0 fully saturated rings. The van der Waals surface area contributed by atoms with Gasteiger partial charge in [0, 0.05) is 11.0 Å². The molecule has 0 saturated carbocycles. The van der Waals surface area contributed by atoms with Crippen molar-refractivity contribution >= 4 is 23.4 Å². The third-order valence-electron chi connectivity index (χ3n) is 1.76. The first kappa shape index (κ1) is 12.7. The fourth-order valence-electron chi connectivity index (χ4n) is 1.05. The summed E-state index contributed by atoms with van der Waals surface area (Å²) in [7, 11) is 0. The van der Waals surface area contributed by atoms with Crippen molar-refractivity contribution in [2.45, 2.75) is 18.7 Å². The maximum Gasteiger partial charge on any atom is 0.141 e. The van der Waals surface area contributed by atoms with Gasteiger partial charge in [0.2, 0.25) is 0 Å². The average Bonchev–Trinajstić information content (AvgIpc) is 2.18. The number of benzene rings is 1. The van der Waals surface area contributed by atoms with Crippen LogP contribution in [-0.4, -0.2) is 12.9 Å². The highest BCUT2D eigenvalue weighted by Gasteiger charge is 2.10. The molecule has 0 aliphatic heterocycles. The SMILES string of the molecule is CSc1cc(F)cc(OCC(C)C)c1Cl. The van der Waals surface area contributed by atoms with E-state index in [1.165, 1.54) is 23.9 Å². The molecule has 0 radical (unpaired) electrons. The summed E-state index contributed by atoms with van der Waals surface area (Å²) in [5.74, 6) is 0.499. The molecule has 1 aromatic carbocycles. The Bertz CT molecular complexity index is 342. The van der Waals surface area contributed by atoms with Gasteiger partial charge in [-0.3, -0.25) is 0 Å². The van der Waals surface area contributed by atoms with Gasteiger partial charge in [-0.25, -0.2) is 4.39 Å². The fourth-order valence-corrected chi connectivity index (χ4v) is 1.96. The van der Waals surface area contributed by atoms with Crippen molar-refractivity contribution in [1.29, 1.82) is 0 Å². The van der Waals surface area contributed by atoms with Crippen LogP contribution < -0.4 is 4.74 Å². The highest BCUT2D eigenvalue weighted by Crippen LogP contribution is 2.34. The van der Waals surface area contributed by atoms with E-state index in [0.29, 0.717) is 28.2 Å². The topological polar surface area (TPSA) is 9.23 Å². The first-order valence-electron chi connectivity index (χ1n) is 4.70. The van der Waals surface area contributed by atoms with Gasteiger partial charge in [-0.05, 0) is 18.2 Å². The summed E-state index contributed by atoms with van der Waals surface area (Å²) in [4.78, 5) is 0.704. The molecule has 1 rings (SSSR count). The molecule has 0 amide bonds. The van der Waals surface area contributed by atoms with Gasteiger partial charge in [0.15, 0.2) is 0 Å². The zero-order valence-corrected chi connectivity index (χ0v) is 10.6. The van der Waals surface area contributed by atoms with Crippen molar-refractivity contribution in [3.8, 4) is 5.75 Å². The molecule has 0 bridgehead atoms. The molecule has 15 heavy (non-hydrogen) atoms. The van der Waals surface area contributed by atoms with Gasteiger partial charge >= 0.3 is 0 Å². The van der Waals surface area contributed by atoms with Gasteiger partial charge < -0.3 is 4.74 Å². The van der Waals surface area contributed by atoms with Crippen molar-refractivity contribution in [3.05, 3.63) is 23.0 Å². The summed E-state index contributed by atoms with van der Waals surface area (Å²) in [6, 6.07) is 2.74. The van der Waals surface area contributed by atoms with Crippen LogP contribution in [-0.2, 0) is 0 Å². The van der Waals surface area contributed by atoms with Crippen molar-refractivity contribution in [2.75, 3.05) is 12.9 Å². The van der Waals surface area contributed by atoms with Crippen LogP contribution in [0.15, 0.2) is 17.0 Å². The molecule has 0 heterocycles. The Hall–Kier alpha value is -0.410. The molecule has 1 nitrogen and oxygen atoms in total. The second kappa shape index (κ2) is 5.61. The molecular formula is C11H14ClFOS. The summed E-state index contributed by atoms with van der Waals surface area (Å²) >= 11 is 7.46. The minimum Gasteiger partial charge on any atom is -0.492 e. The minimum atomic E-state index is -0.317. The highest BCUT2D eigenvalue weighted by molar-refractivity contribution is 7.98. The summed E-state index contributed by atoms with van der Waals surface area (Å²) in [6.45, 7) is 4.60. The van der Waals surface area contributed by atoms with Crippen molar-refractivity contribution in [3.63, 3.8) is 0 Å². The lowest BCUT2D eigenvalue weighted by molar-refractivity contribution is 0.269. The molecule has 0 atom stereocenters. The van der Waals surface area contributed by atoms with Crippen LogP contribution in [0.5, 0.6) is 5.75 Å². The molecule has 0 spiro atoms. The molecule has 0 saturated heterocycles. The summed E-state index contributed by atoms with van der Waals surface area (Å²) in [5, 5.41) is 0.490. The van der Waals surface area contributed by atoms with Crippen LogP contribution in [0.3, 0.4) is 0 Å². The van der Waals surface area contributed by atoms with Gasteiger partial charge in [-0.1, -0.05) is 25.4 Å². The van der Waals surface area contributed by atoms with Crippen LogP contribution in [0.4, 0.5) is 4.39 Å². The van der Waals surface area contributed by atoms with Gasteiger partial charge in [0.25, 0.3) is 0 Å². The molecule has 1 aromatic rings. The Kier molecular flexibility index (Phi) is 4.74. The van der Waals surface area contributed by atoms with Crippen molar-refractivity contribution in [1.82, 2.24) is 0 Å². The second-order valence-electron chi connectivity index (χ2n) is 3.63. The first-order chi connectivity index (χ1) is 7.04. The number of rotatable bonds is 4. The van der Waals surface area contributed by atoms with Gasteiger partial charge in [0.05, 0.1) is 11.6 Å². The lowest BCUT2D eigenvalue weighted by Gasteiger charge is -2.12. The largest absolute Gasteiger partial charge is 0.492 e. The molecule has 0 unspecified atom stereocenters. The number of hydrogen-bond donors (Lipinski definition) is 0. The minimum absolute atomic E-state index is 0.317. The molecular weight excluding hydrogens is 235 g/mol. The van der Waals surface area contributed by atoms with Gasteiger partial charge in [0.1, 0.15) is 11.6 Å². The van der Waals surface area contributed by atoms with E-state index >= 15 is 0 Å². The van der Waals surface area contributed by atoms with E-state index in [-0.39, 0.29) is 5.82 Å². The van der Waals surface area contributed by atoms with E-state index in [4.69, 9.17) is 16.3 Å². The summed E-state index contributed by atoms with van der Waals surface area (Å²) in [5.41, 5.74) is 0. The van der Waals surface area contributed by atoms with Gasteiger partial charge in [-0.15, -0.1) is 11.8 Å². The van der Waals surface area contributed by atoms with E-state index in [9.17, 15) is 4.39 Å². The lowest BCUT2D eigenvalue weighted by Crippen LogP contribution is -2.05. The standard InChI is InChI=1S/C11H14ClFOS/c1-7(2)6-14-9-4-8(13)5-10(15-3)11(9)12/h4-5,7H,6H2,1-3H3. The fraction of sp³-hybridized carbons (Fsp3) is 0.455. The van der Waals surface area contributed by atoms with E-state index in [1.54, 1.807) is 0 Å². The Morgan fingerprint density at radius 1 is 1.47 bits per heavy atom. The van der Waals surface area contributed by atoms with Crippen LogP contribution in [0.25, 0.3) is 0 Å². The lowest BCUT2D eigenvalue weighted by atomic mass is 10.2. The molecule has 4 heteroatoms. The zero-order chi connectivity index (χ0) is 11.4. The predicted molar refractivity (Wildman–Crippen MR) is 63.5 cm³/mol. The summed E-state index contributed by atoms with van der Waals surface area (Å²) < 4.78 is 18.6. The van der Waals surface area contributed by atoms with E-state index in [1.807, 2.05) is 20.1 Å². The molecule has 0 aromatic heterocycles. The average molecular weight is 249 g/mol. The van der Waals surface area contributed by atoms with Crippen molar-refractivity contribution < 1.29 is 9.13 Å². The maximum absolute atomic E-state index is 13.2. The first-order valence-corrected chi connectivity index (χ1v) is 6.30. The second-order valence-corrected chi connectivity index (χ2v) is 4.85. The molecule has 0 aliphatic rings. The van der Waals surface area contributed by atoms with Crippen LogP contribution >= 0.6 is 23.4 Å². The zero-order valence-electron chi connectivity index (χ0n) is 9.01. The smallest absolute Gasteiger partial charge is 0.141 e. The van der Waals surface area contributed by atoms with Gasteiger partial charge in [-0.2, -0.15) is 0 Å². The number of hydrogen-bond acceptors (Lipinski definition) is 2. The third kappa shape index (κ3) is 3.58. The Morgan fingerprint density at radius 2 is 2.13 bits per heavy atom. The normalized spacial score (nSPS) is 10.8. The Labute approximate surface area is 99.0 Å². The Morgan fingerprint density at radius 3 is 2.67 bits per heavy atom. The number of ether oxygens (including phenoxy) is 1. The van der Waals surface area contributed by atoms with Crippen LogP contribution in [0, 0.1) is 11.7 Å².